The van der Waals surface area contributed by atoms with Crippen molar-refractivity contribution in [3.05, 3.63) is 196 Å². The Hall–Kier alpha value is -5.38. The highest BCUT2D eigenvalue weighted by atomic mass is 19.1. The largest absolute Gasteiger partial charge is 0.309 e. The van der Waals surface area contributed by atoms with Crippen LogP contribution >= 0.6 is 0 Å². The van der Waals surface area contributed by atoms with E-state index in [9.17, 15) is 4.39 Å². The normalized spacial score (nSPS) is 15.2. The van der Waals surface area contributed by atoms with Crippen LogP contribution in [-0.4, -0.2) is 12.5 Å². The molecule has 0 bridgehead atoms. The van der Waals surface area contributed by atoms with Gasteiger partial charge < -0.3 is 5.32 Å². The third kappa shape index (κ3) is 9.30. The summed E-state index contributed by atoms with van der Waals surface area (Å²) in [6.07, 6.45) is 18.2. The Balaban J connectivity index is 0.000000408. The quantitative estimate of drug-likeness (QED) is 0.135. The van der Waals surface area contributed by atoms with E-state index in [0.29, 0.717) is 11.5 Å². The molecule has 2 N–H and O–H groups in total. The van der Waals surface area contributed by atoms with Gasteiger partial charge in [0.2, 0.25) is 5.97 Å². The second-order valence-corrected chi connectivity index (χ2v) is 14.4. The first-order chi connectivity index (χ1) is 27.0. The van der Waals surface area contributed by atoms with Crippen molar-refractivity contribution < 1.29 is 4.39 Å². The maximum atomic E-state index is 12.0. The standard InChI is InChI=1S/C43H43N.C7H6FN.C2H6/c1-3-13-34-26-32(29-44-28-31-15-6-4-7-16-31)24-25-38(34)41-30(2)14-10-22-39(41)40-23-12-20-36-27-35-19-11-21-37(42(35)43(36)40)33-17-8-5-9-18-33;8-7(9)6-4-2-1-3-5-6;1-2/h4-12,14-17,19-23,26,33,44H,3,13,18,24-25,27-29H2,1-2H3;1-5,9H;1-2H3. The van der Waals surface area contributed by atoms with Crippen molar-refractivity contribution in [2.45, 2.75) is 78.7 Å². The van der Waals surface area contributed by atoms with Crippen molar-refractivity contribution in [1.82, 2.24) is 5.32 Å². The molecule has 5 aromatic carbocycles. The van der Waals surface area contributed by atoms with E-state index in [1.165, 1.54) is 66.8 Å². The summed E-state index contributed by atoms with van der Waals surface area (Å²) in [7, 11) is 0. The molecule has 0 saturated carbocycles. The van der Waals surface area contributed by atoms with Crippen LogP contribution in [0, 0.1) is 12.3 Å². The first-order valence-electron chi connectivity index (χ1n) is 20.1. The summed E-state index contributed by atoms with van der Waals surface area (Å²) in [6, 6.07) is 40.0. The van der Waals surface area contributed by atoms with Crippen LogP contribution in [0.1, 0.15) is 97.7 Å². The highest BCUT2D eigenvalue weighted by Crippen LogP contribution is 2.49. The molecule has 1 atom stereocenters. The predicted molar refractivity (Wildman–Crippen MR) is 234 cm³/mol. The van der Waals surface area contributed by atoms with Gasteiger partial charge in [-0.1, -0.05) is 178 Å². The molecule has 0 fully saturated rings. The summed E-state index contributed by atoms with van der Waals surface area (Å²) in [4.78, 5) is 0. The Kier molecular flexibility index (Phi) is 13.8. The predicted octanol–water partition coefficient (Wildman–Crippen LogP) is 13.9. The molecule has 0 radical (unpaired) electrons. The van der Waals surface area contributed by atoms with Crippen LogP contribution in [0.2, 0.25) is 0 Å². The van der Waals surface area contributed by atoms with Crippen molar-refractivity contribution in [2.75, 3.05) is 6.54 Å². The Morgan fingerprint density at radius 3 is 2.07 bits per heavy atom. The highest BCUT2D eigenvalue weighted by Gasteiger charge is 2.28. The van der Waals surface area contributed by atoms with Gasteiger partial charge in [0.1, 0.15) is 0 Å². The zero-order valence-corrected chi connectivity index (χ0v) is 33.0. The van der Waals surface area contributed by atoms with Crippen LogP contribution in [0.25, 0.3) is 27.8 Å². The monoisotopic (exact) mass is 726 g/mol. The molecule has 3 aliphatic rings. The number of hydrogen-bond acceptors (Lipinski definition) is 2. The number of aryl methyl sites for hydroxylation is 1. The lowest BCUT2D eigenvalue weighted by atomic mass is 9.79. The number of hydrogen-bond donors (Lipinski definition) is 2. The lowest BCUT2D eigenvalue weighted by molar-refractivity contribution is 0.713. The number of allylic oxidation sites excluding steroid dienone is 7. The number of rotatable bonds is 10. The molecule has 2 nitrogen and oxygen atoms in total. The first-order valence-corrected chi connectivity index (χ1v) is 20.1. The van der Waals surface area contributed by atoms with E-state index in [4.69, 9.17) is 5.41 Å². The maximum absolute atomic E-state index is 12.0. The van der Waals surface area contributed by atoms with E-state index in [0.717, 1.165) is 51.6 Å². The fraction of sp³-hybridized carbons (Fsp3) is 0.250. The Morgan fingerprint density at radius 2 is 1.40 bits per heavy atom. The van der Waals surface area contributed by atoms with Crippen LogP contribution in [0.3, 0.4) is 0 Å². The summed E-state index contributed by atoms with van der Waals surface area (Å²) in [5, 5.41) is 10.3. The summed E-state index contributed by atoms with van der Waals surface area (Å²) < 4.78 is 12.0. The van der Waals surface area contributed by atoms with Crippen molar-refractivity contribution in [3.63, 3.8) is 0 Å². The van der Waals surface area contributed by atoms with E-state index in [1.807, 2.05) is 13.8 Å². The van der Waals surface area contributed by atoms with Gasteiger partial charge in [-0.25, -0.2) is 0 Å². The summed E-state index contributed by atoms with van der Waals surface area (Å²) in [5.41, 5.74) is 19.3. The third-order valence-corrected chi connectivity index (χ3v) is 10.7. The van der Waals surface area contributed by atoms with E-state index < -0.39 is 5.97 Å². The molecule has 0 spiro atoms. The van der Waals surface area contributed by atoms with Gasteiger partial charge in [0.15, 0.2) is 0 Å². The lowest BCUT2D eigenvalue weighted by Gasteiger charge is -2.26. The molecule has 3 heteroatoms. The average molecular weight is 727 g/mol. The SMILES string of the molecule is CC.CCCC1=C(c2c(C)cccc2-c2cccc3c2-c2c(cccc2C2C=CC=CC2)C3)CCC(CNCc2ccccc2)=C1.N=C(F)c1ccccc1. The van der Waals surface area contributed by atoms with Crippen LogP contribution < -0.4 is 5.32 Å². The van der Waals surface area contributed by atoms with Crippen LogP contribution in [-0.2, 0) is 13.0 Å². The van der Waals surface area contributed by atoms with Crippen LogP contribution in [0.15, 0.2) is 157 Å². The number of fused-ring (bicyclic) bond motifs is 3. The molecule has 0 amide bonds. The molecule has 0 aliphatic heterocycles. The number of halogens is 1. The molecule has 8 rings (SSSR count). The minimum Gasteiger partial charge on any atom is -0.309 e. The molecule has 280 valence electrons. The zero-order chi connectivity index (χ0) is 38.6. The smallest absolute Gasteiger partial charge is 0.212 e. The van der Waals surface area contributed by atoms with Gasteiger partial charge in [0.05, 0.1) is 0 Å². The number of nitrogens with one attached hydrogen (secondary N) is 2. The minimum absolute atomic E-state index is 0.331. The molecule has 5 aromatic rings. The van der Waals surface area contributed by atoms with E-state index >= 15 is 0 Å². The van der Waals surface area contributed by atoms with Gasteiger partial charge in [-0.3, -0.25) is 5.41 Å². The Labute approximate surface area is 328 Å². The molecule has 1 unspecified atom stereocenters. The van der Waals surface area contributed by atoms with Gasteiger partial charge in [-0.05, 0) is 106 Å². The van der Waals surface area contributed by atoms with E-state index in [-0.39, 0.29) is 0 Å². The Morgan fingerprint density at radius 1 is 0.727 bits per heavy atom. The molecule has 0 heterocycles. The van der Waals surface area contributed by atoms with E-state index in [2.05, 4.69) is 134 Å². The van der Waals surface area contributed by atoms with Gasteiger partial charge in [0, 0.05) is 24.6 Å². The van der Waals surface area contributed by atoms with E-state index in [1.54, 1.807) is 35.9 Å². The lowest BCUT2D eigenvalue weighted by Crippen LogP contribution is -2.18. The molecule has 55 heavy (non-hydrogen) atoms. The molecular weight excluding hydrogens is 672 g/mol. The fourth-order valence-electron chi connectivity index (χ4n) is 8.27. The maximum Gasteiger partial charge on any atom is 0.212 e. The van der Waals surface area contributed by atoms with Gasteiger partial charge in [-0.2, -0.15) is 4.39 Å². The van der Waals surface area contributed by atoms with Crippen molar-refractivity contribution in [3.8, 4) is 22.3 Å². The van der Waals surface area contributed by atoms with Crippen LogP contribution in [0.5, 0.6) is 0 Å². The first kappa shape index (κ1) is 39.3. The van der Waals surface area contributed by atoms with Crippen molar-refractivity contribution >= 4 is 11.5 Å². The van der Waals surface area contributed by atoms with Gasteiger partial charge in [-0.15, -0.1) is 0 Å². The van der Waals surface area contributed by atoms with Crippen molar-refractivity contribution in [2.24, 2.45) is 0 Å². The van der Waals surface area contributed by atoms with Crippen molar-refractivity contribution in [1.29, 1.82) is 5.41 Å². The van der Waals surface area contributed by atoms with Gasteiger partial charge in [0.25, 0.3) is 0 Å². The molecule has 0 aromatic heterocycles. The molecule has 0 saturated heterocycles. The fourth-order valence-corrected chi connectivity index (χ4v) is 8.27. The summed E-state index contributed by atoms with van der Waals surface area (Å²) >= 11 is 0. The highest BCUT2D eigenvalue weighted by molar-refractivity contribution is 5.96. The number of benzene rings is 5. The third-order valence-electron chi connectivity index (χ3n) is 10.7. The molecular formula is C52H55FN2. The Bertz CT molecular complexity index is 2200. The molecule has 3 aliphatic carbocycles. The topological polar surface area (TPSA) is 35.9 Å². The van der Waals surface area contributed by atoms with Gasteiger partial charge >= 0.3 is 0 Å². The average Bonchev–Trinajstić information content (AvgIpc) is 3.63. The zero-order valence-electron chi connectivity index (χ0n) is 33.0. The minimum atomic E-state index is -0.879. The summed E-state index contributed by atoms with van der Waals surface area (Å²) in [5.74, 6) is -0.446. The summed E-state index contributed by atoms with van der Waals surface area (Å²) in [6.45, 7) is 10.5. The second-order valence-electron chi connectivity index (χ2n) is 14.4. The van der Waals surface area contributed by atoms with Crippen LogP contribution in [0.4, 0.5) is 4.39 Å². The second kappa shape index (κ2) is 19.3.